The second-order valence-corrected chi connectivity index (χ2v) is 5.57. The molecule has 1 aromatic heterocycles. The standard InChI is InChI=1S/C16H22N4OS/c1-3-5-6-7-14(21)17-13-10-8-12(9-11-13)15-18-19-16(22)20(15)4-2/h8-11H,3-7H2,1-2H3,(H,17,21)(H,19,22). The van der Waals surface area contributed by atoms with E-state index in [-0.39, 0.29) is 5.91 Å². The zero-order valence-electron chi connectivity index (χ0n) is 13.1. The van der Waals surface area contributed by atoms with Crippen LogP contribution in [0.1, 0.15) is 39.5 Å². The first-order valence-electron chi connectivity index (χ1n) is 7.71. The summed E-state index contributed by atoms with van der Waals surface area (Å²) in [7, 11) is 0. The van der Waals surface area contributed by atoms with Gasteiger partial charge in [0.05, 0.1) is 0 Å². The average Bonchev–Trinajstić information content (AvgIpc) is 2.89. The number of aromatic amines is 1. The normalized spacial score (nSPS) is 10.6. The van der Waals surface area contributed by atoms with Crippen LogP contribution in [-0.4, -0.2) is 20.7 Å². The fourth-order valence-electron chi connectivity index (χ4n) is 2.29. The van der Waals surface area contributed by atoms with Crippen molar-refractivity contribution < 1.29 is 4.79 Å². The largest absolute Gasteiger partial charge is 0.326 e. The summed E-state index contributed by atoms with van der Waals surface area (Å²) in [5.74, 6) is 0.880. The Morgan fingerprint density at radius 3 is 2.64 bits per heavy atom. The van der Waals surface area contributed by atoms with Crippen molar-refractivity contribution in [1.29, 1.82) is 0 Å². The van der Waals surface area contributed by atoms with Crippen molar-refractivity contribution >= 4 is 23.8 Å². The lowest BCUT2D eigenvalue weighted by atomic mass is 10.1. The fraction of sp³-hybridized carbons (Fsp3) is 0.438. The summed E-state index contributed by atoms with van der Waals surface area (Å²) >= 11 is 5.19. The Morgan fingerprint density at radius 2 is 2.00 bits per heavy atom. The molecule has 0 radical (unpaired) electrons. The molecule has 1 heterocycles. The molecule has 0 unspecified atom stereocenters. The number of nitrogens with zero attached hydrogens (tertiary/aromatic N) is 2. The van der Waals surface area contributed by atoms with E-state index in [1.807, 2.05) is 35.8 Å². The van der Waals surface area contributed by atoms with Crippen molar-refractivity contribution in [2.24, 2.45) is 0 Å². The molecule has 6 heteroatoms. The first kappa shape index (κ1) is 16.4. The average molecular weight is 318 g/mol. The summed E-state index contributed by atoms with van der Waals surface area (Å²) in [6, 6.07) is 7.67. The van der Waals surface area contributed by atoms with E-state index in [0.29, 0.717) is 11.2 Å². The molecule has 22 heavy (non-hydrogen) atoms. The molecule has 5 nitrogen and oxygen atoms in total. The number of anilines is 1. The summed E-state index contributed by atoms with van der Waals surface area (Å²) < 4.78 is 2.55. The second-order valence-electron chi connectivity index (χ2n) is 5.18. The SMILES string of the molecule is CCCCCC(=O)Nc1ccc(-c2n[nH]c(=S)n2CC)cc1. The van der Waals surface area contributed by atoms with Crippen LogP contribution in [0.4, 0.5) is 5.69 Å². The number of hydrogen-bond acceptors (Lipinski definition) is 3. The summed E-state index contributed by atoms with van der Waals surface area (Å²) in [5, 5.41) is 9.98. The highest BCUT2D eigenvalue weighted by Crippen LogP contribution is 2.20. The maximum Gasteiger partial charge on any atom is 0.224 e. The fourth-order valence-corrected chi connectivity index (χ4v) is 2.55. The predicted octanol–water partition coefficient (Wildman–Crippen LogP) is 4.15. The Bertz CT molecular complexity index is 672. The van der Waals surface area contributed by atoms with Gasteiger partial charge in [-0.05, 0) is 49.8 Å². The van der Waals surface area contributed by atoms with E-state index in [1.165, 1.54) is 0 Å². The lowest BCUT2D eigenvalue weighted by Crippen LogP contribution is -2.10. The van der Waals surface area contributed by atoms with Gasteiger partial charge in [-0.1, -0.05) is 19.8 Å². The molecule has 2 N–H and O–H groups in total. The van der Waals surface area contributed by atoms with Gasteiger partial charge in [-0.2, -0.15) is 5.10 Å². The number of rotatable bonds is 7. The lowest BCUT2D eigenvalue weighted by molar-refractivity contribution is -0.116. The summed E-state index contributed by atoms with van der Waals surface area (Å²) in [5.41, 5.74) is 1.78. The Labute approximate surface area is 135 Å². The molecule has 0 spiro atoms. The van der Waals surface area contributed by atoms with Gasteiger partial charge in [0.15, 0.2) is 10.6 Å². The van der Waals surface area contributed by atoms with Crippen molar-refractivity contribution in [3.63, 3.8) is 0 Å². The van der Waals surface area contributed by atoms with Gasteiger partial charge in [-0.25, -0.2) is 0 Å². The number of nitrogens with one attached hydrogen (secondary N) is 2. The van der Waals surface area contributed by atoms with Crippen LogP contribution in [0.3, 0.4) is 0 Å². The predicted molar refractivity (Wildman–Crippen MR) is 91.3 cm³/mol. The quantitative estimate of drug-likeness (QED) is 0.595. The molecule has 2 aromatic rings. The number of unbranched alkanes of at least 4 members (excludes halogenated alkanes) is 2. The Morgan fingerprint density at radius 1 is 1.27 bits per heavy atom. The lowest BCUT2D eigenvalue weighted by Gasteiger charge is -2.07. The van der Waals surface area contributed by atoms with E-state index < -0.39 is 0 Å². The molecule has 0 aliphatic carbocycles. The van der Waals surface area contributed by atoms with Crippen LogP contribution < -0.4 is 5.32 Å². The van der Waals surface area contributed by atoms with E-state index in [2.05, 4.69) is 22.4 Å². The summed E-state index contributed by atoms with van der Waals surface area (Å²) in [4.78, 5) is 11.8. The number of H-pyrrole nitrogens is 1. The van der Waals surface area contributed by atoms with Gasteiger partial charge < -0.3 is 9.88 Å². The molecular formula is C16H22N4OS. The van der Waals surface area contributed by atoms with E-state index in [9.17, 15) is 4.79 Å². The van der Waals surface area contributed by atoms with E-state index in [0.717, 1.165) is 42.9 Å². The van der Waals surface area contributed by atoms with Crippen molar-refractivity contribution in [2.75, 3.05) is 5.32 Å². The van der Waals surface area contributed by atoms with Gasteiger partial charge in [0.2, 0.25) is 5.91 Å². The first-order chi connectivity index (χ1) is 10.7. The molecule has 0 bridgehead atoms. The third-order valence-corrected chi connectivity index (χ3v) is 3.82. The second kappa shape index (κ2) is 7.89. The topological polar surface area (TPSA) is 62.7 Å². The number of amides is 1. The van der Waals surface area contributed by atoms with Gasteiger partial charge >= 0.3 is 0 Å². The van der Waals surface area contributed by atoms with E-state index in [4.69, 9.17) is 12.2 Å². The van der Waals surface area contributed by atoms with Crippen molar-refractivity contribution in [1.82, 2.24) is 14.8 Å². The number of carbonyl (C=O) groups excluding carboxylic acids is 1. The number of aromatic nitrogens is 3. The Balaban J connectivity index is 2.04. The van der Waals surface area contributed by atoms with Gasteiger partial charge in [-0.15, -0.1) is 0 Å². The van der Waals surface area contributed by atoms with E-state index >= 15 is 0 Å². The van der Waals surface area contributed by atoms with Gasteiger partial charge in [-0.3, -0.25) is 9.89 Å². The minimum Gasteiger partial charge on any atom is -0.326 e. The van der Waals surface area contributed by atoms with Crippen molar-refractivity contribution in [2.45, 2.75) is 46.1 Å². The number of hydrogen-bond donors (Lipinski definition) is 2. The third kappa shape index (κ3) is 4.04. The molecule has 1 amide bonds. The van der Waals surface area contributed by atoms with Crippen LogP contribution in [0.5, 0.6) is 0 Å². The molecule has 0 fully saturated rings. The summed E-state index contributed by atoms with van der Waals surface area (Å²) in [6.07, 6.45) is 3.72. The number of carbonyl (C=O) groups is 1. The number of benzene rings is 1. The van der Waals surface area contributed by atoms with Gasteiger partial charge in [0.1, 0.15) is 0 Å². The molecule has 1 aromatic carbocycles. The molecule has 2 rings (SSSR count). The highest BCUT2D eigenvalue weighted by atomic mass is 32.1. The zero-order chi connectivity index (χ0) is 15.9. The molecule has 118 valence electrons. The highest BCUT2D eigenvalue weighted by Gasteiger charge is 2.08. The van der Waals surface area contributed by atoms with Crippen LogP contribution in [0.2, 0.25) is 0 Å². The smallest absolute Gasteiger partial charge is 0.224 e. The molecule has 0 aliphatic heterocycles. The van der Waals surface area contributed by atoms with Crippen molar-refractivity contribution in [3.8, 4) is 11.4 Å². The highest BCUT2D eigenvalue weighted by molar-refractivity contribution is 7.71. The van der Waals surface area contributed by atoms with E-state index in [1.54, 1.807) is 0 Å². The van der Waals surface area contributed by atoms with Crippen LogP contribution in [0, 0.1) is 4.77 Å². The van der Waals surface area contributed by atoms with Crippen LogP contribution >= 0.6 is 12.2 Å². The Hall–Kier alpha value is -1.95. The minimum absolute atomic E-state index is 0.0671. The molecule has 0 atom stereocenters. The van der Waals surface area contributed by atoms with Crippen LogP contribution in [-0.2, 0) is 11.3 Å². The molecule has 0 saturated heterocycles. The maximum atomic E-state index is 11.8. The zero-order valence-corrected chi connectivity index (χ0v) is 13.9. The van der Waals surface area contributed by atoms with Crippen LogP contribution in [0.15, 0.2) is 24.3 Å². The molecule has 0 saturated carbocycles. The monoisotopic (exact) mass is 318 g/mol. The molecule has 0 aliphatic rings. The third-order valence-electron chi connectivity index (χ3n) is 3.51. The van der Waals surface area contributed by atoms with Crippen molar-refractivity contribution in [3.05, 3.63) is 29.0 Å². The Kier molecular flexibility index (Phi) is 5.89. The maximum absolute atomic E-state index is 11.8. The van der Waals surface area contributed by atoms with Gasteiger partial charge in [0, 0.05) is 24.2 Å². The van der Waals surface area contributed by atoms with Gasteiger partial charge in [0.25, 0.3) is 0 Å². The first-order valence-corrected chi connectivity index (χ1v) is 8.12. The molecular weight excluding hydrogens is 296 g/mol. The van der Waals surface area contributed by atoms with Crippen LogP contribution in [0.25, 0.3) is 11.4 Å². The summed E-state index contributed by atoms with van der Waals surface area (Å²) in [6.45, 7) is 4.92. The minimum atomic E-state index is 0.0671.